The van der Waals surface area contributed by atoms with Gasteiger partial charge in [-0.25, -0.2) is 0 Å². The van der Waals surface area contributed by atoms with Crippen molar-refractivity contribution in [3.8, 4) is 5.75 Å². The number of piperazine rings is 1. The number of aryl methyl sites for hydroxylation is 1. The maximum Gasteiger partial charge on any atom is 0.266 e. The van der Waals surface area contributed by atoms with Crippen molar-refractivity contribution in [2.45, 2.75) is 33.3 Å². The molecule has 1 fully saturated rings. The Morgan fingerprint density at radius 1 is 1.27 bits per heavy atom. The van der Waals surface area contributed by atoms with Crippen LogP contribution in [0, 0.1) is 6.92 Å². The highest BCUT2D eigenvalue weighted by Crippen LogP contribution is 2.25. The van der Waals surface area contributed by atoms with Crippen molar-refractivity contribution in [1.82, 2.24) is 9.80 Å². The Labute approximate surface area is 138 Å². The van der Waals surface area contributed by atoms with Gasteiger partial charge in [0.05, 0.1) is 0 Å². The molecule has 122 valence electrons. The first-order valence-electron chi connectivity index (χ1n) is 7.80. The van der Waals surface area contributed by atoms with Crippen LogP contribution < -0.4 is 4.74 Å². The first kappa shape index (κ1) is 17.1. The van der Waals surface area contributed by atoms with Crippen LogP contribution in [0.4, 0.5) is 0 Å². The number of amides is 1. The zero-order valence-corrected chi connectivity index (χ0v) is 14.6. The number of halogens is 1. The smallest absolute Gasteiger partial charge is 0.266 e. The summed E-state index contributed by atoms with van der Waals surface area (Å²) in [5, 5.41) is 0.701. The van der Waals surface area contributed by atoms with Crippen molar-refractivity contribution in [3.05, 3.63) is 28.8 Å². The number of rotatable bonds is 4. The lowest BCUT2D eigenvalue weighted by Crippen LogP contribution is -2.55. The predicted octanol–water partition coefficient (Wildman–Crippen LogP) is 2.97. The van der Waals surface area contributed by atoms with E-state index in [1.807, 2.05) is 31.7 Å². The summed E-state index contributed by atoms with van der Waals surface area (Å²) >= 11 is 6.03. The Bertz CT molecular complexity index is 537. The number of benzene rings is 1. The molecule has 0 atom stereocenters. The molecule has 1 amide bonds. The van der Waals surface area contributed by atoms with E-state index in [0.29, 0.717) is 10.8 Å². The first-order chi connectivity index (χ1) is 10.3. The van der Waals surface area contributed by atoms with Gasteiger partial charge in [-0.3, -0.25) is 4.79 Å². The second-order valence-electron chi connectivity index (χ2n) is 6.25. The Morgan fingerprint density at radius 3 is 2.45 bits per heavy atom. The fourth-order valence-electron chi connectivity index (χ4n) is 2.67. The van der Waals surface area contributed by atoms with Crippen LogP contribution in [0.2, 0.25) is 5.02 Å². The molecule has 0 N–H and O–H groups in total. The second kappa shape index (κ2) is 6.88. The van der Waals surface area contributed by atoms with Crippen molar-refractivity contribution < 1.29 is 9.53 Å². The summed E-state index contributed by atoms with van der Waals surface area (Å²) in [5.41, 5.74) is 0.0632. The van der Waals surface area contributed by atoms with E-state index in [1.54, 1.807) is 12.1 Å². The summed E-state index contributed by atoms with van der Waals surface area (Å²) in [6, 6.07) is 5.47. The largest absolute Gasteiger partial charge is 0.478 e. The highest BCUT2D eigenvalue weighted by atomic mass is 35.5. The summed E-state index contributed by atoms with van der Waals surface area (Å²) in [5.74, 6) is 0.711. The van der Waals surface area contributed by atoms with Crippen LogP contribution in [0.1, 0.15) is 26.3 Å². The standard InChI is InChI=1S/C17H25ClN2O2/c1-5-19-8-10-20(11-9-19)16(21)17(3,4)22-14-6-7-15(18)13(2)12-14/h6-7,12H,5,8-11H2,1-4H3. The minimum absolute atomic E-state index is 0.0378. The minimum atomic E-state index is -0.880. The van der Waals surface area contributed by atoms with Crippen molar-refractivity contribution >= 4 is 17.5 Å². The number of ether oxygens (including phenoxy) is 1. The molecular weight excluding hydrogens is 300 g/mol. The van der Waals surface area contributed by atoms with Crippen LogP contribution in [0.3, 0.4) is 0 Å². The third kappa shape index (κ3) is 3.93. The van der Waals surface area contributed by atoms with Crippen LogP contribution in [0.25, 0.3) is 0 Å². The summed E-state index contributed by atoms with van der Waals surface area (Å²) in [7, 11) is 0. The number of hydrogen-bond donors (Lipinski definition) is 0. The SMILES string of the molecule is CCN1CCN(C(=O)C(C)(C)Oc2ccc(Cl)c(C)c2)CC1. The second-order valence-corrected chi connectivity index (χ2v) is 6.66. The van der Waals surface area contributed by atoms with E-state index in [-0.39, 0.29) is 5.91 Å². The molecule has 4 nitrogen and oxygen atoms in total. The van der Waals surface area contributed by atoms with E-state index in [9.17, 15) is 4.79 Å². The van der Waals surface area contributed by atoms with Crippen LogP contribution in [-0.4, -0.2) is 54.0 Å². The van der Waals surface area contributed by atoms with E-state index in [0.717, 1.165) is 38.3 Å². The molecule has 1 aliphatic rings. The number of hydrogen-bond acceptors (Lipinski definition) is 3. The topological polar surface area (TPSA) is 32.8 Å². The zero-order chi connectivity index (χ0) is 16.3. The summed E-state index contributed by atoms with van der Waals surface area (Å²) in [4.78, 5) is 17.0. The predicted molar refractivity (Wildman–Crippen MR) is 89.6 cm³/mol. The molecule has 2 rings (SSSR count). The molecule has 22 heavy (non-hydrogen) atoms. The van der Waals surface area contributed by atoms with Gasteiger partial charge < -0.3 is 14.5 Å². The van der Waals surface area contributed by atoms with Crippen molar-refractivity contribution in [2.75, 3.05) is 32.7 Å². The number of carbonyl (C=O) groups excluding carboxylic acids is 1. The third-order valence-electron chi connectivity index (χ3n) is 4.12. The molecule has 5 heteroatoms. The lowest BCUT2D eigenvalue weighted by Gasteiger charge is -2.38. The molecule has 0 aromatic heterocycles. The Morgan fingerprint density at radius 2 is 1.91 bits per heavy atom. The molecule has 0 unspecified atom stereocenters. The van der Waals surface area contributed by atoms with Gasteiger partial charge in [-0.2, -0.15) is 0 Å². The number of nitrogens with zero attached hydrogens (tertiary/aromatic N) is 2. The van der Waals surface area contributed by atoms with Gasteiger partial charge in [0, 0.05) is 31.2 Å². The molecule has 1 aromatic carbocycles. The van der Waals surface area contributed by atoms with Crippen molar-refractivity contribution in [1.29, 1.82) is 0 Å². The molecule has 1 aromatic rings. The molecule has 0 bridgehead atoms. The van der Waals surface area contributed by atoms with Gasteiger partial charge >= 0.3 is 0 Å². The number of carbonyl (C=O) groups is 1. The molecule has 1 aliphatic heterocycles. The summed E-state index contributed by atoms with van der Waals surface area (Å²) in [6.07, 6.45) is 0. The molecular formula is C17H25ClN2O2. The van der Waals surface area contributed by atoms with Gasteiger partial charge in [0.1, 0.15) is 5.75 Å². The Balaban J connectivity index is 2.02. The van der Waals surface area contributed by atoms with Crippen LogP contribution in [0.5, 0.6) is 5.75 Å². The zero-order valence-electron chi connectivity index (χ0n) is 13.9. The number of likely N-dealkylation sites (N-methyl/N-ethyl adjacent to an activating group) is 1. The van der Waals surface area contributed by atoms with Gasteiger partial charge in [-0.15, -0.1) is 0 Å². The quantitative estimate of drug-likeness (QED) is 0.853. The van der Waals surface area contributed by atoms with Crippen LogP contribution in [-0.2, 0) is 4.79 Å². The maximum atomic E-state index is 12.7. The van der Waals surface area contributed by atoms with Crippen molar-refractivity contribution in [2.24, 2.45) is 0 Å². The van der Waals surface area contributed by atoms with Crippen LogP contribution in [0.15, 0.2) is 18.2 Å². The molecule has 0 spiro atoms. The maximum absolute atomic E-state index is 12.7. The normalized spacial score (nSPS) is 16.7. The molecule has 1 saturated heterocycles. The summed E-state index contributed by atoms with van der Waals surface area (Å²) < 4.78 is 5.94. The fourth-order valence-corrected chi connectivity index (χ4v) is 2.78. The Hall–Kier alpha value is -1.26. The fraction of sp³-hybridized carbons (Fsp3) is 0.588. The molecule has 0 saturated carbocycles. The first-order valence-corrected chi connectivity index (χ1v) is 8.18. The minimum Gasteiger partial charge on any atom is -0.478 e. The molecule has 0 aliphatic carbocycles. The van der Waals surface area contributed by atoms with E-state index < -0.39 is 5.60 Å². The monoisotopic (exact) mass is 324 g/mol. The van der Waals surface area contributed by atoms with Gasteiger partial charge in [-0.1, -0.05) is 18.5 Å². The average Bonchev–Trinajstić information content (AvgIpc) is 2.50. The van der Waals surface area contributed by atoms with Gasteiger partial charge in [-0.05, 0) is 51.1 Å². The van der Waals surface area contributed by atoms with E-state index in [1.165, 1.54) is 0 Å². The highest BCUT2D eigenvalue weighted by Gasteiger charge is 2.35. The molecule has 0 radical (unpaired) electrons. The summed E-state index contributed by atoms with van der Waals surface area (Å²) in [6.45, 7) is 12.1. The Kier molecular flexibility index (Phi) is 5.35. The van der Waals surface area contributed by atoms with E-state index >= 15 is 0 Å². The van der Waals surface area contributed by atoms with Crippen molar-refractivity contribution in [3.63, 3.8) is 0 Å². The lowest BCUT2D eigenvalue weighted by atomic mass is 10.1. The average molecular weight is 325 g/mol. The lowest BCUT2D eigenvalue weighted by molar-refractivity contribution is -0.147. The van der Waals surface area contributed by atoms with Gasteiger partial charge in [0.2, 0.25) is 0 Å². The highest BCUT2D eigenvalue weighted by molar-refractivity contribution is 6.31. The van der Waals surface area contributed by atoms with E-state index in [2.05, 4.69) is 11.8 Å². The van der Waals surface area contributed by atoms with E-state index in [4.69, 9.17) is 16.3 Å². The van der Waals surface area contributed by atoms with Gasteiger partial charge in [0.15, 0.2) is 5.60 Å². The molecule has 1 heterocycles. The third-order valence-corrected chi connectivity index (χ3v) is 4.55. The van der Waals surface area contributed by atoms with Crippen LogP contribution >= 0.6 is 11.6 Å². The van der Waals surface area contributed by atoms with Gasteiger partial charge in [0.25, 0.3) is 5.91 Å².